The molecule has 0 aliphatic rings. The molecule has 1 N–H and O–H groups in total. The summed E-state index contributed by atoms with van der Waals surface area (Å²) in [4.78, 5) is 0. The lowest BCUT2D eigenvalue weighted by atomic mass is 10.1. The van der Waals surface area contributed by atoms with Crippen LogP contribution >= 0.6 is 11.5 Å². The van der Waals surface area contributed by atoms with E-state index in [2.05, 4.69) is 27.7 Å². The molecule has 4 heteroatoms. The van der Waals surface area contributed by atoms with E-state index in [9.17, 15) is 0 Å². The monoisotopic (exact) mass is 209 g/mol. The Morgan fingerprint density at radius 2 is 2.57 bits per heavy atom. The second-order valence-corrected chi connectivity index (χ2v) is 3.65. The number of aromatic nitrogens is 2. The Hall–Kier alpha value is -0.920. The van der Waals surface area contributed by atoms with Crippen LogP contribution in [0.25, 0.3) is 0 Å². The minimum absolute atomic E-state index is 0.312. The van der Waals surface area contributed by atoms with Gasteiger partial charge in [-0.2, -0.15) is 0 Å². The number of rotatable bonds is 6. The zero-order valence-corrected chi connectivity index (χ0v) is 9.18. The van der Waals surface area contributed by atoms with Crippen LogP contribution in [0.5, 0.6) is 0 Å². The molecule has 0 saturated heterocycles. The largest absolute Gasteiger partial charge is 0.309 e. The van der Waals surface area contributed by atoms with E-state index in [0.717, 1.165) is 31.5 Å². The van der Waals surface area contributed by atoms with Crippen LogP contribution in [0.15, 0.2) is 5.38 Å². The summed E-state index contributed by atoms with van der Waals surface area (Å²) in [5, 5.41) is 9.44. The van der Waals surface area contributed by atoms with Gasteiger partial charge in [0, 0.05) is 11.8 Å². The van der Waals surface area contributed by atoms with Crippen LogP contribution in [0.1, 0.15) is 37.9 Å². The molecule has 76 valence electrons. The average Bonchev–Trinajstić information content (AvgIpc) is 2.70. The molecule has 14 heavy (non-hydrogen) atoms. The van der Waals surface area contributed by atoms with Crippen molar-refractivity contribution in [3.8, 4) is 12.3 Å². The number of nitrogens with one attached hydrogen (secondary N) is 1. The Morgan fingerprint density at radius 1 is 1.71 bits per heavy atom. The number of hydrogen-bond donors (Lipinski definition) is 1. The van der Waals surface area contributed by atoms with E-state index in [1.807, 2.05) is 5.38 Å². The molecule has 0 bridgehead atoms. The van der Waals surface area contributed by atoms with Gasteiger partial charge in [-0.25, -0.2) is 0 Å². The maximum atomic E-state index is 5.21. The van der Waals surface area contributed by atoms with Gasteiger partial charge >= 0.3 is 0 Å². The van der Waals surface area contributed by atoms with Gasteiger partial charge in [0.05, 0.1) is 11.7 Å². The summed E-state index contributed by atoms with van der Waals surface area (Å²) in [6.07, 6.45) is 8.11. The molecular weight excluding hydrogens is 194 g/mol. The summed E-state index contributed by atoms with van der Waals surface area (Å²) < 4.78 is 3.86. The molecule has 0 aromatic carbocycles. The van der Waals surface area contributed by atoms with Crippen molar-refractivity contribution < 1.29 is 0 Å². The molecule has 1 heterocycles. The van der Waals surface area contributed by atoms with Gasteiger partial charge in [0.2, 0.25) is 0 Å². The third-order valence-corrected chi connectivity index (χ3v) is 2.52. The number of terminal acetylenes is 1. The SMILES string of the molecule is C#CCCCC(NCC)c1csnn1. The van der Waals surface area contributed by atoms with Crippen molar-refractivity contribution in [2.24, 2.45) is 0 Å². The zero-order chi connectivity index (χ0) is 10.2. The molecule has 3 nitrogen and oxygen atoms in total. The predicted octanol–water partition coefficient (Wildman–Crippen LogP) is 1.99. The summed E-state index contributed by atoms with van der Waals surface area (Å²) in [6.45, 7) is 3.03. The Labute approximate surface area is 89.1 Å². The third kappa shape index (κ3) is 3.44. The van der Waals surface area contributed by atoms with Gasteiger partial charge in [-0.15, -0.1) is 17.4 Å². The smallest absolute Gasteiger partial charge is 0.0924 e. The molecule has 0 amide bonds. The lowest BCUT2D eigenvalue weighted by Crippen LogP contribution is -2.21. The number of hydrogen-bond acceptors (Lipinski definition) is 4. The molecule has 0 saturated carbocycles. The molecule has 1 aromatic rings. The van der Waals surface area contributed by atoms with Crippen LogP contribution in [-0.2, 0) is 0 Å². The van der Waals surface area contributed by atoms with E-state index in [1.165, 1.54) is 11.5 Å². The van der Waals surface area contributed by atoms with Crippen LogP contribution < -0.4 is 5.32 Å². The van der Waals surface area contributed by atoms with Gasteiger partial charge < -0.3 is 5.32 Å². The quantitative estimate of drug-likeness (QED) is 0.575. The normalized spacial score (nSPS) is 12.3. The first kappa shape index (κ1) is 11.2. The summed E-state index contributed by atoms with van der Waals surface area (Å²) >= 11 is 1.39. The van der Waals surface area contributed by atoms with Crippen molar-refractivity contribution in [1.82, 2.24) is 14.9 Å². The van der Waals surface area contributed by atoms with Crippen molar-refractivity contribution in [1.29, 1.82) is 0 Å². The Balaban J connectivity index is 2.44. The first-order chi connectivity index (χ1) is 6.88. The highest BCUT2D eigenvalue weighted by molar-refractivity contribution is 7.03. The molecule has 0 aliphatic heterocycles. The van der Waals surface area contributed by atoms with Crippen molar-refractivity contribution in [2.45, 2.75) is 32.2 Å². The van der Waals surface area contributed by atoms with Crippen molar-refractivity contribution in [3.05, 3.63) is 11.1 Å². The summed E-state index contributed by atoms with van der Waals surface area (Å²) in [5.41, 5.74) is 1.04. The van der Waals surface area contributed by atoms with Crippen LogP contribution in [0.3, 0.4) is 0 Å². The van der Waals surface area contributed by atoms with Crippen LogP contribution in [0, 0.1) is 12.3 Å². The summed E-state index contributed by atoms with van der Waals surface area (Å²) in [6, 6.07) is 0.312. The second kappa shape index (κ2) is 6.52. The molecule has 1 atom stereocenters. The topological polar surface area (TPSA) is 37.8 Å². The van der Waals surface area contributed by atoms with Crippen LogP contribution in [0.4, 0.5) is 0 Å². The Morgan fingerprint density at radius 3 is 3.14 bits per heavy atom. The molecule has 0 fully saturated rings. The summed E-state index contributed by atoms with van der Waals surface area (Å²) in [7, 11) is 0. The van der Waals surface area contributed by atoms with Crippen LogP contribution in [-0.4, -0.2) is 16.1 Å². The standard InChI is InChI=1S/C10H15N3S/c1-3-5-6-7-9(11-4-2)10-8-14-13-12-10/h1,8-9,11H,4-7H2,2H3. The van der Waals surface area contributed by atoms with Crippen LogP contribution in [0.2, 0.25) is 0 Å². The lowest BCUT2D eigenvalue weighted by Gasteiger charge is -2.13. The number of unbranched alkanes of at least 4 members (excludes halogenated alkanes) is 1. The highest BCUT2D eigenvalue weighted by Crippen LogP contribution is 2.17. The molecule has 1 aromatic heterocycles. The zero-order valence-electron chi connectivity index (χ0n) is 8.36. The Kier molecular flexibility index (Phi) is 5.20. The van der Waals surface area contributed by atoms with Gasteiger partial charge in [-0.1, -0.05) is 11.4 Å². The van der Waals surface area contributed by atoms with E-state index in [1.54, 1.807) is 0 Å². The predicted molar refractivity (Wildman–Crippen MR) is 59.0 cm³/mol. The van der Waals surface area contributed by atoms with Gasteiger partial charge in [-0.05, 0) is 30.9 Å². The van der Waals surface area contributed by atoms with Crippen molar-refractivity contribution in [3.63, 3.8) is 0 Å². The van der Waals surface area contributed by atoms with Crippen molar-refractivity contribution in [2.75, 3.05) is 6.54 Å². The molecule has 0 radical (unpaired) electrons. The van der Waals surface area contributed by atoms with E-state index in [0.29, 0.717) is 6.04 Å². The first-order valence-corrected chi connectivity index (χ1v) is 5.66. The lowest BCUT2D eigenvalue weighted by molar-refractivity contribution is 0.490. The number of nitrogens with zero attached hydrogens (tertiary/aromatic N) is 2. The summed E-state index contributed by atoms with van der Waals surface area (Å²) in [5.74, 6) is 2.65. The molecule has 1 unspecified atom stereocenters. The van der Waals surface area contributed by atoms with Gasteiger partial charge in [0.1, 0.15) is 0 Å². The highest BCUT2D eigenvalue weighted by atomic mass is 32.1. The van der Waals surface area contributed by atoms with E-state index in [-0.39, 0.29) is 0 Å². The molecule has 0 aliphatic carbocycles. The van der Waals surface area contributed by atoms with Gasteiger partial charge in [0.15, 0.2) is 0 Å². The fourth-order valence-corrected chi connectivity index (χ4v) is 1.84. The average molecular weight is 209 g/mol. The van der Waals surface area contributed by atoms with E-state index >= 15 is 0 Å². The Bertz CT molecular complexity index is 276. The van der Waals surface area contributed by atoms with Crippen molar-refractivity contribution >= 4 is 11.5 Å². The minimum atomic E-state index is 0.312. The highest BCUT2D eigenvalue weighted by Gasteiger charge is 2.11. The maximum absolute atomic E-state index is 5.21. The minimum Gasteiger partial charge on any atom is -0.309 e. The maximum Gasteiger partial charge on any atom is 0.0924 e. The van der Waals surface area contributed by atoms with Gasteiger partial charge in [-0.3, -0.25) is 0 Å². The molecule has 1 rings (SSSR count). The van der Waals surface area contributed by atoms with E-state index in [4.69, 9.17) is 6.42 Å². The third-order valence-electron chi connectivity index (χ3n) is 2.00. The molecular formula is C10H15N3S. The van der Waals surface area contributed by atoms with Gasteiger partial charge in [0.25, 0.3) is 0 Å². The van der Waals surface area contributed by atoms with E-state index < -0.39 is 0 Å². The fourth-order valence-electron chi connectivity index (χ4n) is 1.33. The molecule has 0 spiro atoms. The fraction of sp³-hybridized carbons (Fsp3) is 0.600. The first-order valence-electron chi connectivity index (χ1n) is 4.82. The second-order valence-electron chi connectivity index (χ2n) is 3.04.